The number of benzene rings is 1. The molecule has 0 aliphatic rings. The zero-order chi connectivity index (χ0) is 9.90. The van der Waals surface area contributed by atoms with Crippen molar-refractivity contribution in [3.05, 3.63) is 24.3 Å². The standard InChI is InChI=1S/C11H18N2/c1-11(2,3)13-10-7-5-9(12-4)6-8-10/h5-8,12-13H,1-4H3. The second-order valence-corrected chi connectivity index (χ2v) is 4.20. The van der Waals surface area contributed by atoms with Crippen LogP contribution in [0, 0.1) is 0 Å². The zero-order valence-electron chi connectivity index (χ0n) is 8.81. The van der Waals surface area contributed by atoms with Gasteiger partial charge in [-0.3, -0.25) is 0 Å². The van der Waals surface area contributed by atoms with Crippen molar-refractivity contribution in [3.8, 4) is 0 Å². The highest BCUT2D eigenvalue weighted by atomic mass is 14.9. The summed E-state index contributed by atoms with van der Waals surface area (Å²) in [7, 11) is 1.92. The number of anilines is 2. The summed E-state index contributed by atoms with van der Waals surface area (Å²) in [6.45, 7) is 6.46. The van der Waals surface area contributed by atoms with Crippen LogP contribution in [0.1, 0.15) is 20.8 Å². The Labute approximate surface area is 80.4 Å². The van der Waals surface area contributed by atoms with Gasteiger partial charge >= 0.3 is 0 Å². The predicted octanol–water partition coefficient (Wildman–Crippen LogP) is 2.94. The topological polar surface area (TPSA) is 24.1 Å². The smallest absolute Gasteiger partial charge is 0.0345 e. The highest BCUT2D eigenvalue weighted by molar-refractivity contribution is 5.54. The van der Waals surface area contributed by atoms with E-state index >= 15 is 0 Å². The molecule has 0 radical (unpaired) electrons. The average Bonchev–Trinajstić information content (AvgIpc) is 2.03. The van der Waals surface area contributed by atoms with E-state index in [0.29, 0.717) is 0 Å². The second kappa shape index (κ2) is 3.69. The molecule has 2 heteroatoms. The monoisotopic (exact) mass is 178 g/mol. The minimum Gasteiger partial charge on any atom is -0.388 e. The van der Waals surface area contributed by atoms with Gasteiger partial charge in [0.2, 0.25) is 0 Å². The van der Waals surface area contributed by atoms with Crippen LogP contribution in [0.2, 0.25) is 0 Å². The minimum atomic E-state index is 0.126. The lowest BCUT2D eigenvalue weighted by molar-refractivity contribution is 0.634. The first kappa shape index (κ1) is 9.90. The molecule has 2 N–H and O–H groups in total. The summed E-state index contributed by atoms with van der Waals surface area (Å²) >= 11 is 0. The van der Waals surface area contributed by atoms with Crippen molar-refractivity contribution in [1.82, 2.24) is 0 Å². The summed E-state index contributed by atoms with van der Waals surface area (Å²) in [6, 6.07) is 8.29. The SMILES string of the molecule is CNc1ccc(NC(C)(C)C)cc1. The van der Waals surface area contributed by atoms with Gasteiger partial charge < -0.3 is 10.6 Å². The molecule has 1 aromatic rings. The molecule has 1 rings (SSSR count). The summed E-state index contributed by atoms with van der Waals surface area (Å²) in [4.78, 5) is 0. The van der Waals surface area contributed by atoms with E-state index in [1.54, 1.807) is 0 Å². The van der Waals surface area contributed by atoms with Gasteiger partial charge in [0.1, 0.15) is 0 Å². The quantitative estimate of drug-likeness (QED) is 0.727. The maximum atomic E-state index is 3.40. The fraction of sp³-hybridized carbons (Fsp3) is 0.455. The lowest BCUT2D eigenvalue weighted by Gasteiger charge is -2.22. The Kier molecular flexibility index (Phi) is 2.81. The van der Waals surface area contributed by atoms with Crippen molar-refractivity contribution < 1.29 is 0 Å². The minimum absolute atomic E-state index is 0.126. The first-order valence-corrected chi connectivity index (χ1v) is 4.57. The van der Waals surface area contributed by atoms with Crippen molar-refractivity contribution >= 4 is 11.4 Å². The predicted molar refractivity (Wildman–Crippen MR) is 59.4 cm³/mol. The Hall–Kier alpha value is -1.18. The third kappa shape index (κ3) is 3.36. The fourth-order valence-electron chi connectivity index (χ4n) is 1.15. The van der Waals surface area contributed by atoms with Crippen LogP contribution in [0.4, 0.5) is 11.4 Å². The van der Waals surface area contributed by atoms with Crippen LogP contribution in [-0.2, 0) is 0 Å². The Morgan fingerprint density at radius 1 is 0.923 bits per heavy atom. The highest BCUT2D eigenvalue weighted by Gasteiger charge is 2.08. The van der Waals surface area contributed by atoms with Crippen molar-refractivity contribution in [1.29, 1.82) is 0 Å². The van der Waals surface area contributed by atoms with Crippen LogP contribution in [0.15, 0.2) is 24.3 Å². The van der Waals surface area contributed by atoms with E-state index in [1.807, 2.05) is 7.05 Å². The first-order valence-electron chi connectivity index (χ1n) is 4.57. The van der Waals surface area contributed by atoms with Crippen LogP contribution in [-0.4, -0.2) is 12.6 Å². The second-order valence-electron chi connectivity index (χ2n) is 4.20. The summed E-state index contributed by atoms with van der Waals surface area (Å²) in [5, 5.41) is 6.49. The molecule has 0 unspecified atom stereocenters. The average molecular weight is 178 g/mol. The van der Waals surface area contributed by atoms with Gasteiger partial charge in [0.15, 0.2) is 0 Å². The normalized spacial score (nSPS) is 11.1. The van der Waals surface area contributed by atoms with E-state index in [1.165, 1.54) is 0 Å². The Bertz CT molecular complexity index is 256. The molecule has 0 saturated heterocycles. The molecule has 13 heavy (non-hydrogen) atoms. The van der Waals surface area contributed by atoms with Gasteiger partial charge in [-0.15, -0.1) is 0 Å². The summed E-state index contributed by atoms with van der Waals surface area (Å²) in [5.41, 5.74) is 2.42. The van der Waals surface area contributed by atoms with E-state index in [0.717, 1.165) is 11.4 Å². The van der Waals surface area contributed by atoms with Gasteiger partial charge in [-0.2, -0.15) is 0 Å². The molecule has 2 nitrogen and oxygen atoms in total. The molecule has 0 aliphatic heterocycles. The summed E-state index contributed by atoms with van der Waals surface area (Å²) in [5.74, 6) is 0. The van der Waals surface area contributed by atoms with Gasteiger partial charge in [0.05, 0.1) is 0 Å². The molecule has 0 amide bonds. The maximum absolute atomic E-state index is 3.40. The van der Waals surface area contributed by atoms with Crippen molar-refractivity contribution in [3.63, 3.8) is 0 Å². The molecule has 1 aromatic carbocycles. The Balaban J connectivity index is 2.70. The number of hydrogen-bond donors (Lipinski definition) is 2. The molecule has 72 valence electrons. The third-order valence-electron chi connectivity index (χ3n) is 1.69. The molecule has 0 bridgehead atoms. The van der Waals surface area contributed by atoms with Crippen LogP contribution in [0.5, 0.6) is 0 Å². The van der Waals surface area contributed by atoms with E-state index in [-0.39, 0.29) is 5.54 Å². The Morgan fingerprint density at radius 3 is 1.77 bits per heavy atom. The van der Waals surface area contributed by atoms with E-state index in [9.17, 15) is 0 Å². The molecule has 0 heterocycles. The largest absolute Gasteiger partial charge is 0.388 e. The molecular weight excluding hydrogens is 160 g/mol. The van der Waals surface area contributed by atoms with Gasteiger partial charge in [0.25, 0.3) is 0 Å². The molecular formula is C11H18N2. The fourth-order valence-corrected chi connectivity index (χ4v) is 1.15. The van der Waals surface area contributed by atoms with E-state index in [4.69, 9.17) is 0 Å². The summed E-state index contributed by atoms with van der Waals surface area (Å²) < 4.78 is 0. The molecule has 0 aliphatic carbocycles. The third-order valence-corrected chi connectivity index (χ3v) is 1.69. The number of rotatable bonds is 2. The highest BCUT2D eigenvalue weighted by Crippen LogP contribution is 2.16. The number of nitrogens with one attached hydrogen (secondary N) is 2. The lowest BCUT2D eigenvalue weighted by Crippen LogP contribution is -2.25. The molecule has 0 spiro atoms. The van der Waals surface area contributed by atoms with Gasteiger partial charge in [-0.25, -0.2) is 0 Å². The molecule has 0 saturated carbocycles. The van der Waals surface area contributed by atoms with Gasteiger partial charge in [-0.1, -0.05) is 0 Å². The van der Waals surface area contributed by atoms with Crippen LogP contribution in [0.25, 0.3) is 0 Å². The first-order chi connectivity index (χ1) is 6.01. The van der Waals surface area contributed by atoms with Gasteiger partial charge in [0, 0.05) is 24.0 Å². The van der Waals surface area contributed by atoms with Crippen LogP contribution in [0.3, 0.4) is 0 Å². The van der Waals surface area contributed by atoms with Crippen molar-refractivity contribution in [2.24, 2.45) is 0 Å². The zero-order valence-corrected chi connectivity index (χ0v) is 8.81. The molecule has 0 aromatic heterocycles. The number of hydrogen-bond acceptors (Lipinski definition) is 2. The Morgan fingerprint density at radius 2 is 1.38 bits per heavy atom. The van der Waals surface area contributed by atoms with E-state index < -0.39 is 0 Å². The van der Waals surface area contributed by atoms with Crippen LogP contribution < -0.4 is 10.6 Å². The molecule has 0 atom stereocenters. The van der Waals surface area contributed by atoms with Crippen molar-refractivity contribution in [2.45, 2.75) is 26.3 Å². The lowest BCUT2D eigenvalue weighted by atomic mass is 10.1. The maximum Gasteiger partial charge on any atom is 0.0345 e. The van der Waals surface area contributed by atoms with Crippen molar-refractivity contribution in [2.75, 3.05) is 17.7 Å². The molecule has 0 fully saturated rings. The summed E-state index contributed by atoms with van der Waals surface area (Å²) in [6.07, 6.45) is 0. The van der Waals surface area contributed by atoms with Crippen LogP contribution >= 0.6 is 0 Å². The van der Waals surface area contributed by atoms with Gasteiger partial charge in [-0.05, 0) is 45.0 Å². The van der Waals surface area contributed by atoms with E-state index in [2.05, 4.69) is 55.7 Å².